The summed E-state index contributed by atoms with van der Waals surface area (Å²) in [5.74, 6) is 0.105. The lowest BCUT2D eigenvalue weighted by atomic mass is 9.98. The van der Waals surface area contributed by atoms with Crippen LogP contribution in [0.5, 0.6) is 5.75 Å². The van der Waals surface area contributed by atoms with Crippen molar-refractivity contribution in [3.05, 3.63) is 114 Å². The van der Waals surface area contributed by atoms with E-state index in [0.29, 0.717) is 10.6 Å². The third kappa shape index (κ3) is 7.28. The second-order valence-corrected chi connectivity index (χ2v) is 9.19. The highest BCUT2D eigenvalue weighted by Crippen LogP contribution is 2.31. The van der Waals surface area contributed by atoms with Gasteiger partial charge in [0.2, 0.25) is 0 Å². The minimum Gasteiger partial charge on any atom is -0.491 e. The number of nitrogens with zero attached hydrogens (tertiary/aromatic N) is 2. The number of aromatic nitrogens is 1. The van der Waals surface area contributed by atoms with Crippen LogP contribution in [-0.4, -0.2) is 27.8 Å². The maximum atomic E-state index is 12.8. The molecule has 0 fully saturated rings. The van der Waals surface area contributed by atoms with Crippen LogP contribution < -0.4 is 4.74 Å². The molecule has 190 valence electrons. The Morgan fingerprint density at radius 2 is 1.89 bits per heavy atom. The summed E-state index contributed by atoms with van der Waals surface area (Å²) in [7, 11) is 0. The summed E-state index contributed by atoms with van der Waals surface area (Å²) in [6.07, 6.45) is 15.4. The Kier molecular flexibility index (Phi) is 9.58. The predicted octanol–water partition coefficient (Wildman–Crippen LogP) is 7.18. The van der Waals surface area contributed by atoms with Gasteiger partial charge in [-0.05, 0) is 74.7 Å². The Labute approximate surface area is 223 Å². The van der Waals surface area contributed by atoms with E-state index in [1.807, 2.05) is 70.2 Å². The van der Waals surface area contributed by atoms with Gasteiger partial charge < -0.3 is 4.74 Å². The molecule has 1 aromatic heterocycles. The van der Waals surface area contributed by atoms with Crippen molar-refractivity contribution in [3.63, 3.8) is 0 Å². The van der Waals surface area contributed by atoms with Crippen LogP contribution in [0.3, 0.4) is 0 Å². The number of ether oxygens (including phenoxy) is 1. The molecule has 0 saturated heterocycles. The molecular formula is C31H31ClN2O3. The molecule has 2 aromatic rings. The summed E-state index contributed by atoms with van der Waals surface area (Å²) in [5.41, 5.74) is 4.56. The molecule has 0 atom stereocenters. The minimum absolute atomic E-state index is 0.0693. The fourth-order valence-corrected chi connectivity index (χ4v) is 3.78. The normalized spacial score (nSPS) is 14.9. The average Bonchev–Trinajstić information content (AvgIpc) is 3.14. The monoisotopic (exact) mass is 514 g/mol. The van der Waals surface area contributed by atoms with Crippen LogP contribution >= 0.6 is 11.6 Å². The second kappa shape index (κ2) is 12.8. The van der Waals surface area contributed by atoms with Gasteiger partial charge in [-0.3, -0.25) is 19.5 Å². The molecule has 0 spiro atoms. The minimum atomic E-state index is -0.341. The SMILES string of the molecule is C=C/C(Cl)=C\C=C(/C)c1ncc(CN2C(=O)C=C(/C=C\C=C/C)C2=O)cc1-c1ccc(OC(C)C)cc1. The molecule has 1 aliphatic rings. The quantitative estimate of drug-likeness (QED) is 0.249. The molecule has 3 rings (SSSR count). The molecule has 5 nitrogen and oxygen atoms in total. The molecule has 0 bridgehead atoms. The van der Waals surface area contributed by atoms with Crippen LogP contribution in [-0.2, 0) is 16.1 Å². The number of carbonyl (C=O) groups is 2. The summed E-state index contributed by atoms with van der Waals surface area (Å²) in [4.78, 5) is 31.4. The standard InChI is InChI=1S/C31H31ClN2O3/c1-6-8-9-10-25-18-29(35)34(31(25)36)20-23-17-28(24-12-15-27(16-13-24)37-21(3)4)30(33-19-23)22(5)11-14-26(32)7-2/h6-19,21H,2,20H2,1,3-5H3/b8-6-,10-9-,22-11+,26-14+. The maximum absolute atomic E-state index is 12.8. The van der Waals surface area contributed by atoms with Gasteiger partial charge >= 0.3 is 0 Å². The average molecular weight is 515 g/mol. The van der Waals surface area contributed by atoms with Gasteiger partial charge in [0.1, 0.15) is 5.75 Å². The van der Waals surface area contributed by atoms with Gasteiger partial charge in [0, 0.05) is 28.4 Å². The molecule has 2 heterocycles. The van der Waals surface area contributed by atoms with E-state index < -0.39 is 0 Å². The molecule has 1 aliphatic heterocycles. The van der Waals surface area contributed by atoms with Crippen molar-refractivity contribution in [1.29, 1.82) is 0 Å². The second-order valence-electron chi connectivity index (χ2n) is 8.75. The van der Waals surface area contributed by atoms with Crippen molar-refractivity contribution in [1.82, 2.24) is 9.88 Å². The molecule has 0 aliphatic carbocycles. The highest BCUT2D eigenvalue weighted by molar-refractivity contribution is 6.31. The van der Waals surface area contributed by atoms with E-state index in [9.17, 15) is 9.59 Å². The lowest BCUT2D eigenvalue weighted by Crippen LogP contribution is -2.30. The van der Waals surface area contributed by atoms with Crippen molar-refractivity contribution >= 4 is 29.0 Å². The molecular weight excluding hydrogens is 484 g/mol. The zero-order valence-electron chi connectivity index (χ0n) is 21.6. The van der Waals surface area contributed by atoms with Gasteiger partial charge in [-0.15, -0.1) is 0 Å². The number of rotatable bonds is 10. The lowest BCUT2D eigenvalue weighted by molar-refractivity contribution is -0.137. The van der Waals surface area contributed by atoms with Gasteiger partial charge in [0.05, 0.1) is 18.3 Å². The smallest absolute Gasteiger partial charge is 0.261 e. The molecule has 0 saturated carbocycles. The number of amides is 2. The van der Waals surface area contributed by atoms with Gasteiger partial charge in [-0.25, -0.2) is 0 Å². The van der Waals surface area contributed by atoms with Crippen molar-refractivity contribution in [3.8, 4) is 16.9 Å². The number of hydrogen-bond donors (Lipinski definition) is 0. The Balaban J connectivity index is 1.98. The summed E-state index contributed by atoms with van der Waals surface area (Å²) in [5, 5.41) is 0.519. The van der Waals surface area contributed by atoms with E-state index in [-0.39, 0.29) is 24.5 Å². The van der Waals surface area contributed by atoms with Crippen molar-refractivity contribution in [2.45, 2.75) is 40.3 Å². The van der Waals surface area contributed by atoms with Gasteiger partial charge in [0.15, 0.2) is 0 Å². The van der Waals surface area contributed by atoms with Gasteiger partial charge in [-0.2, -0.15) is 0 Å². The number of halogens is 1. The summed E-state index contributed by atoms with van der Waals surface area (Å²) >= 11 is 6.09. The van der Waals surface area contributed by atoms with Crippen LogP contribution in [0.15, 0.2) is 102 Å². The molecule has 2 amide bonds. The first-order valence-electron chi connectivity index (χ1n) is 12.0. The molecule has 0 N–H and O–H groups in total. The van der Waals surface area contributed by atoms with E-state index in [0.717, 1.165) is 33.7 Å². The van der Waals surface area contributed by atoms with Crippen molar-refractivity contribution < 1.29 is 14.3 Å². The number of benzene rings is 1. The Hall–Kier alpha value is -3.96. The van der Waals surface area contributed by atoms with Crippen molar-refractivity contribution in [2.75, 3.05) is 0 Å². The molecule has 0 radical (unpaired) electrons. The number of allylic oxidation sites excluding steroid dienone is 8. The van der Waals surface area contributed by atoms with E-state index in [1.54, 1.807) is 36.6 Å². The van der Waals surface area contributed by atoms with E-state index >= 15 is 0 Å². The van der Waals surface area contributed by atoms with E-state index in [4.69, 9.17) is 21.3 Å². The number of hydrogen-bond acceptors (Lipinski definition) is 4. The van der Waals surface area contributed by atoms with Crippen LogP contribution in [0.4, 0.5) is 0 Å². The number of pyridine rings is 1. The fraction of sp³-hybridized carbons (Fsp3) is 0.194. The molecule has 37 heavy (non-hydrogen) atoms. The molecule has 0 unspecified atom stereocenters. The summed E-state index contributed by atoms with van der Waals surface area (Å²) < 4.78 is 5.79. The van der Waals surface area contributed by atoms with Crippen LogP contribution in [0.25, 0.3) is 16.7 Å². The number of carbonyl (C=O) groups excluding carboxylic acids is 2. The lowest BCUT2D eigenvalue weighted by Gasteiger charge is -2.17. The zero-order chi connectivity index (χ0) is 26.9. The van der Waals surface area contributed by atoms with Crippen molar-refractivity contribution in [2.24, 2.45) is 0 Å². The molecule has 6 heteroatoms. The summed E-state index contributed by atoms with van der Waals surface area (Å²) in [6, 6.07) is 9.74. The third-order valence-electron chi connectivity index (χ3n) is 5.50. The zero-order valence-corrected chi connectivity index (χ0v) is 22.3. The predicted molar refractivity (Wildman–Crippen MR) is 151 cm³/mol. The Morgan fingerprint density at radius 1 is 1.16 bits per heavy atom. The number of imide groups is 1. The third-order valence-corrected chi connectivity index (χ3v) is 5.78. The Morgan fingerprint density at radius 3 is 2.54 bits per heavy atom. The Bertz CT molecular complexity index is 1330. The van der Waals surface area contributed by atoms with Crippen LogP contribution in [0.1, 0.15) is 39.0 Å². The highest BCUT2D eigenvalue weighted by atomic mass is 35.5. The first-order chi connectivity index (χ1) is 17.7. The first-order valence-corrected chi connectivity index (χ1v) is 12.4. The topological polar surface area (TPSA) is 59.5 Å². The van der Waals surface area contributed by atoms with E-state index in [1.165, 1.54) is 11.0 Å². The van der Waals surface area contributed by atoms with Gasteiger partial charge in [-0.1, -0.05) is 60.7 Å². The van der Waals surface area contributed by atoms with Gasteiger partial charge in [0.25, 0.3) is 11.8 Å². The first kappa shape index (κ1) is 27.6. The maximum Gasteiger partial charge on any atom is 0.261 e. The molecule has 1 aromatic carbocycles. The largest absolute Gasteiger partial charge is 0.491 e. The van der Waals surface area contributed by atoms with Crippen LogP contribution in [0.2, 0.25) is 0 Å². The fourth-order valence-electron chi connectivity index (χ4n) is 3.72. The highest BCUT2D eigenvalue weighted by Gasteiger charge is 2.29. The van der Waals surface area contributed by atoms with Crippen LogP contribution in [0, 0.1) is 0 Å². The van der Waals surface area contributed by atoms with E-state index in [2.05, 4.69) is 6.58 Å². The summed E-state index contributed by atoms with van der Waals surface area (Å²) in [6.45, 7) is 11.6.